The summed E-state index contributed by atoms with van der Waals surface area (Å²) >= 11 is 0. The zero-order valence-corrected chi connectivity index (χ0v) is 8.30. The summed E-state index contributed by atoms with van der Waals surface area (Å²) in [5.74, 6) is 0.130. The molecule has 1 aromatic rings. The Kier molecular flexibility index (Phi) is 2.56. The first-order valence-electron chi connectivity index (χ1n) is 5.02. The van der Waals surface area contributed by atoms with E-state index in [9.17, 15) is 10.2 Å². The van der Waals surface area contributed by atoms with E-state index in [1.165, 1.54) is 0 Å². The Hall–Kier alpha value is -0.870. The summed E-state index contributed by atoms with van der Waals surface area (Å²) in [5, 5.41) is 23.3. The maximum atomic E-state index is 9.83. The molecule has 4 heteroatoms. The van der Waals surface area contributed by atoms with Crippen LogP contribution in [0.3, 0.4) is 0 Å². The number of aliphatic hydroxyl groups is 2. The molecule has 78 valence electrons. The van der Waals surface area contributed by atoms with Crippen molar-refractivity contribution in [2.24, 2.45) is 7.05 Å². The van der Waals surface area contributed by atoms with Gasteiger partial charge in [-0.05, 0) is 25.3 Å². The van der Waals surface area contributed by atoms with E-state index in [0.29, 0.717) is 6.42 Å². The fourth-order valence-electron chi connectivity index (χ4n) is 2.22. The van der Waals surface area contributed by atoms with Crippen LogP contribution in [0.1, 0.15) is 30.9 Å². The van der Waals surface area contributed by atoms with Crippen LogP contribution >= 0.6 is 0 Å². The fraction of sp³-hybridized carbons (Fsp3) is 0.700. The van der Waals surface area contributed by atoms with Crippen LogP contribution in [0, 0.1) is 0 Å². The van der Waals surface area contributed by atoms with Crippen molar-refractivity contribution in [1.82, 2.24) is 9.78 Å². The standard InChI is InChI=1S/C10H16N2O2/c1-12-9(4-5-11-12)8-3-2-7(13)6-10(8)14/h4-5,7-8,10,13-14H,2-3,6H2,1H3/t7-,8+,10-/m0/s1. The summed E-state index contributed by atoms with van der Waals surface area (Å²) in [6.45, 7) is 0. The molecule has 0 spiro atoms. The zero-order valence-electron chi connectivity index (χ0n) is 8.30. The van der Waals surface area contributed by atoms with Gasteiger partial charge in [-0.15, -0.1) is 0 Å². The smallest absolute Gasteiger partial charge is 0.0648 e. The predicted octanol–water partition coefficient (Wildman–Crippen LogP) is 0.409. The Morgan fingerprint density at radius 1 is 1.43 bits per heavy atom. The number of rotatable bonds is 1. The molecule has 1 aliphatic rings. The molecule has 1 aliphatic carbocycles. The Labute approximate surface area is 83.2 Å². The molecule has 0 bridgehead atoms. The molecule has 1 saturated carbocycles. The number of aliphatic hydroxyl groups excluding tert-OH is 2. The van der Waals surface area contributed by atoms with Crippen molar-refractivity contribution in [3.05, 3.63) is 18.0 Å². The Morgan fingerprint density at radius 2 is 2.21 bits per heavy atom. The lowest BCUT2D eigenvalue weighted by Crippen LogP contribution is -2.31. The van der Waals surface area contributed by atoms with E-state index in [1.54, 1.807) is 10.9 Å². The summed E-state index contributed by atoms with van der Waals surface area (Å²) in [6.07, 6.45) is 3.06. The second-order valence-electron chi connectivity index (χ2n) is 4.02. The van der Waals surface area contributed by atoms with Gasteiger partial charge >= 0.3 is 0 Å². The van der Waals surface area contributed by atoms with Crippen LogP contribution in [0.5, 0.6) is 0 Å². The molecular formula is C10H16N2O2. The molecular weight excluding hydrogens is 180 g/mol. The lowest BCUT2D eigenvalue weighted by atomic mass is 9.83. The van der Waals surface area contributed by atoms with Crippen molar-refractivity contribution in [1.29, 1.82) is 0 Å². The molecule has 0 aromatic carbocycles. The molecule has 0 saturated heterocycles. The van der Waals surface area contributed by atoms with Gasteiger partial charge in [-0.2, -0.15) is 5.10 Å². The molecule has 4 nitrogen and oxygen atoms in total. The highest BCUT2D eigenvalue weighted by Crippen LogP contribution is 2.32. The third kappa shape index (κ3) is 1.67. The van der Waals surface area contributed by atoms with Crippen molar-refractivity contribution >= 4 is 0 Å². The zero-order chi connectivity index (χ0) is 10.1. The van der Waals surface area contributed by atoms with Gasteiger partial charge in [-0.1, -0.05) is 0 Å². The van der Waals surface area contributed by atoms with Crippen LogP contribution in [-0.4, -0.2) is 32.2 Å². The van der Waals surface area contributed by atoms with Gasteiger partial charge < -0.3 is 10.2 Å². The van der Waals surface area contributed by atoms with E-state index in [4.69, 9.17) is 0 Å². The molecule has 0 aliphatic heterocycles. The Bertz CT molecular complexity index is 311. The first kappa shape index (κ1) is 9.68. The second-order valence-corrected chi connectivity index (χ2v) is 4.02. The van der Waals surface area contributed by atoms with Gasteiger partial charge in [0.15, 0.2) is 0 Å². The third-order valence-electron chi connectivity index (χ3n) is 3.03. The van der Waals surface area contributed by atoms with Crippen molar-refractivity contribution in [3.63, 3.8) is 0 Å². The molecule has 0 unspecified atom stereocenters. The van der Waals surface area contributed by atoms with Crippen molar-refractivity contribution in [3.8, 4) is 0 Å². The molecule has 0 radical (unpaired) electrons. The summed E-state index contributed by atoms with van der Waals surface area (Å²) in [7, 11) is 1.88. The fourth-order valence-corrected chi connectivity index (χ4v) is 2.22. The third-order valence-corrected chi connectivity index (χ3v) is 3.03. The highest BCUT2D eigenvalue weighted by molar-refractivity contribution is 5.11. The average Bonchev–Trinajstić information content (AvgIpc) is 2.52. The highest BCUT2D eigenvalue weighted by atomic mass is 16.3. The van der Waals surface area contributed by atoms with E-state index >= 15 is 0 Å². The maximum Gasteiger partial charge on any atom is 0.0648 e. The van der Waals surface area contributed by atoms with Crippen molar-refractivity contribution in [2.75, 3.05) is 0 Å². The molecule has 2 rings (SSSR count). The summed E-state index contributed by atoms with van der Waals surface area (Å²) < 4.78 is 1.80. The molecule has 1 fully saturated rings. The minimum atomic E-state index is -0.436. The molecule has 3 atom stereocenters. The SMILES string of the molecule is Cn1nccc1[C@H]1CC[C@H](O)C[C@@H]1O. The molecule has 2 N–H and O–H groups in total. The van der Waals surface area contributed by atoms with E-state index in [-0.39, 0.29) is 12.0 Å². The monoisotopic (exact) mass is 196 g/mol. The van der Waals surface area contributed by atoms with Gasteiger partial charge in [0.25, 0.3) is 0 Å². The predicted molar refractivity (Wildman–Crippen MR) is 51.8 cm³/mol. The molecule has 0 amide bonds. The van der Waals surface area contributed by atoms with E-state index in [0.717, 1.165) is 18.5 Å². The second kappa shape index (κ2) is 3.71. The molecule has 1 aromatic heterocycles. The van der Waals surface area contributed by atoms with E-state index in [1.807, 2.05) is 13.1 Å². The number of hydrogen-bond donors (Lipinski definition) is 2. The lowest BCUT2D eigenvalue weighted by Gasteiger charge is -2.30. The Balaban J connectivity index is 2.15. The largest absolute Gasteiger partial charge is 0.393 e. The highest BCUT2D eigenvalue weighted by Gasteiger charge is 2.30. The van der Waals surface area contributed by atoms with E-state index < -0.39 is 6.10 Å². The minimum Gasteiger partial charge on any atom is -0.393 e. The van der Waals surface area contributed by atoms with Crippen LogP contribution in [0.4, 0.5) is 0 Å². The average molecular weight is 196 g/mol. The van der Waals surface area contributed by atoms with Crippen molar-refractivity contribution in [2.45, 2.75) is 37.4 Å². The first-order valence-corrected chi connectivity index (χ1v) is 5.02. The number of hydrogen-bond acceptors (Lipinski definition) is 3. The summed E-state index contributed by atoms with van der Waals surface area (Å²) in [4.78, 5) is 0. The van der Waals surface area contributed by atoms with Crippen molar-refractivity contribution < 1.29 is 10.2 Å². The summed E-state index contributed by atoms with van der Waals surface area (Å²) in [5.41, 5.74) is 1.06. The Morgan fingerprint density at radius 3 is 2.79 bits per heavy atom. The molecule has 1 heterocycles. The normalized spacial score (nSPS) is 33.2. The number of aryl methyl sites for hydroxylation is 1. The van der Waals surface area contributed by atoms with E-state index in [2.05, 4.69) is 5.10 Å². The van der Waals surface area contributed by atoms with Crippen LogP contribution < -0.4 is 0 Å². The number of aromatic nitrogens is 2. The first-order chi connectivity index (χ1) is 6.68. The van der Waals surface area contributed by atoms with Gasteiger partial charge in [-0.3, -0.25) is 4.68 Å². The quantitative estimate of drug-likeness (QED) is 0.684. The van der Waals surface area contributed by atoms with Crippen LogP contribution in [0.2, 0.25) is 0 Å². The van der Waals surface area contributed by atoms with Crippen LogP contribution in [-0.2, 0) is 7.05 Å². The molecule has 14 heavy (non-hydrogen) atoms. The maximum absolute atomic E-state index is 9.83. The topological polar surface area (TPSA) is 58.3 Å². The summed E-state index contributed by atoms with van der Waals surface area (Å²) in [6, 6.07) is 1.94. The van der Waals surface area contributed by atoms with Gasteiger partial charge in [0.1, 0.15) is 0 Å². The van der Waals surface area contributed by atoms with Crippen LogP contribution in [0.15, 0.2) is 12.3 Å². The number of nitrogens with zero attached hydrogens (tertiary/aromatic N) is 2. The minimum absolute atomic E-state index is 0.130. The van der Waals surface area contributed by atoms with Gasteiger partial charge in [-0.25, -0.2) is 0 Å². The van der Waals surface area contributed by atoms with Gasteiger partial charge in [0.05, 0.1) is 12.2 Å². The lowest BCUT2D eigenvalue weighted by molar-refractivity contribution is 0.0235. The van der Waals surface area contributed by atoms with Gasteiger partial charge in [0, 0.05) is 24.9 Å². The van der Waals surface area contributed by atoms with Crippen LogP contribution in [0.25, 0.3) is 0 Å². The van der Waals surface area contributed by atoms with Gasteiger partial charge in [0.2, 0.25) is 0 Å².